The first kappa shape index (κ1) is 17.9. The number of fused-ring (bicyclic) bond motifs is 2. The molecule has 0 bridgehead atoms. The van der Waals surface area contributed by atoms with Gasteiger partial charge in [0.25, 0.3) is 0 Å². The molecule has 1 amide bonds. The van der Waals surface area contributed by atoms with Crippen LogP contribution in [-0.4, -0.2) is 35.3 Å². The third-order valence-corrected chi connectivity index (χ3v) is 6.29. The Bertz CT molecular complexity index is 1090. The molecule has 0 fully saturated rings. The molecule has 1 atom stereocenters. The summed E-state index contributed by atoms with van der Waals surface area (Å²) in [6.07, 6.45) is 0. The topological polar surface area (TPSA) is 74.6 Å². The Morgan fingerprint density at radius 2 is 1.97 bits per heavy atom. The maximum absolute atomic E-state index is 12.5. The quantitative estimate of drug-likeness (QED) is 0.711. The molecule has 3 aromatic rings. The average Bonchev–Trinajstić information content (AvgIpc) is 3.28. The summed E-state index contributed by atoms with van der Waals surface area (Å²) in [4.78, 5) is 12.5. The molecular weight excluding hydrogens is 390 g/mol. The van der Waals surface area contributed by atoms with Gasteiger partial charge in [0, 0.05) is 5.56 Å². The zero-order valence-electron chi connectivity index (χ0n) is 16.0. The van der Waals surface area contributed by atoms with Crippen LogP contribution in [0.2, 0.25) is 0 Å². The predicted molar refractivity (Wildman–Crippen MR) is 110 cm³/mol. The highest BCUT2D eigenvalue weighted by atomic mass is 32.2. The summed E-state index contributed by atoms with van der Waals surface area (Å²) in [7, 11) is 1.63. The van der Waals surface area contributed by atoms with Gasteiger partial charge in [0.2, 0.25) is 12.7 Å². The molecule has 5 rings (SSSR count). The van der Waals surface area contributed by atoms with Crippen molar-refractivity contribution in [2.24, 2.45) is 0 Å². The minimum atomic E-state index is -0.0505. The van der Waals surface area contributed by atoms with Crippen molar-refractivity contribution in [3.8, 4) is 22.9 Å². The van der Waals surface area contributed by atoms with Crippen molar-refractivity contribution in [3.63, 3.8) is 0 Å². The van der Waals surface area contributed by atoms with E-state index >= 15 is 0 Å². The van der Waals surface area contributed by atoms with Crippen LogP contribution < -0.4 is 19.5 Å². The van der Waals surface area contributed by atoms with Crippen LogP contribution in [0.5, 0.6) is 17.2 Å². The van der Waals surface area contributed by atoms with Crippen LogP contribution in [0.25, 0.3) is 5.69 Å². The number of carbonyl (C=O) groups excluding carboxylic acids is 1. The number of anilines is 1. The average molecular weight is 409 g/mol. The highest BCUT2D eigenvalue weighted by Crippen LogP contribution is 2.46. The van der Waals surface area contributed by atoms with E-state index in [0.29, 0.717) is 11.6 Å². The third kappa shape index (κ3) is 3.09. The molecule has 148 valence electrons. The van der Waals surface area contributed by atoms with Crippen molar-refractivity contribution in [2.45, 2.75) is 12.2 Å². The lowest BCUT2D eigenvalue weighted by Crippen LogP contribution is -2.15. The Morgan fingerprint density at radius 3 is 2.76 bits per heavy atom. The summed E-state index contributed by atoms with van der Waals surface area (Å²) in [5.74, 6) is 3.25. The molecule has 0 saturated heterocycles. The predicted octanol–water partition coefficient (Wildman–Crippen LogP) is 3.69. The van der Waals surface area contributed by atoms with Gasteiger partial charge in [0.15, 0.2) is 11.5 Å². The van der Waals surface area contributed by atoms with Crippen LogP contribution in [0.15, 0.2) is 42.5 Å². The van der Waals surface area contributed by atoms with Gasteiger partial charge in [-0.3, -0.25) is 4.79 Å². The monoisotopic (exact) mass is 409 g/mol. The van der Waals surface area contributed by atoms with Crippen molar-refractivity contribution < 1.29 is 19.0 Å². The lowest BCUT2D eigenvalue weighted by Gasteiger charge is -2.16. The van der Waals surface area contributed by atoms with Gasteiger partial charge < -0.3 is 19.5 Å². The van der Waals surface area contributed by atoms with E-state index in [1.54, 1.807) is 23.6 Å². The molecule has 29 heavy (non-hydrogen) atoms. The molecule has 3 heterocycles. The highest BCUT2D eigenvalue weighted by molar-refractivity contribution is 8.00. The Kier molecular flexibility index (Phi) is 4.35. The molecule has 1 N–H and O–H groups in total. The van der Waals surface area contributed by atoms with Crippen LogP contribution in [-0.2, 0) is 4.79 Å². The Labute approximate surface area is 172 Å². The summed E-state index contributed by atoms with van der Waals surface area (Å²) in [6, 6.07) is 13.5. The molecular formula is C21H19N3O4S. The second-order valence-electron chi connectivity index (χ2n) is 6.81. The number of benzene rings is 2. The van der Waals surface area contributed by atoms with Gasteiger partial charge in [-0.15, -0.1) is 11.8 Å². The lowest BCUT2D eigenvalue weighted by atomic mass is 10.0. The van der Waals surface area contributed by atoms with E-state index in [0.717, 1.165) is 39.8 Å². The SMILES string of the molecule is COc1ccc(-n2nc(C)c3c2NC(=O)CS[C@H]3c2ccc3c(c2)OCO3)cc1. The molecule has 0 aliphatic carbocycles. The van der Waals surface area contributed by atoms with E-state index in [9.17, 15) is 4.79 Å². The van der Waals surface area contributed by atoms with E-state index in [2.05, 4.69) is 5.32 Å². The van der Waals surface area contributed by atoms with Crippen LogP contribution in [0.1, 0.15) is 22.1 Å². The Hall–Kier alpha value is -3.13. The van der Waals surface area contributed by atoms with E-state index in [4.69, 9.17) is 19.3 Å². The number of thioether (sulfide) groups is 1. The summed E-state index contributed by atoms with van der Waals surface area (Å²) in [5, 5.41) is 7.73. The smallest absolute Gasteiger partial charge is 0.235 e. The largest absolute Gasteiger partial charge is 0.497 e. The lowest BCUT2D eigenvalue weighted by molar-refractivity contribution is -0.113. The fourth-order valence-corrected chi connectivity index (χ4v) is 4.81. The highest BCUT2D eigenvalue weighted by Gasteiger charge is 2.31. The maximum Gasteiger partial charge on any atom is 0.235 e. The maximum atomic E-state index is 12.5. The second-order valence-corrected chi connectivity index (χ2v) is 7.90. The van der Waals surface area contributed by atoms with Crippen LogP contribution in [0.4, 0.5) is 5.82 Å². The molecule has 1 aromatic heterocycles. The first-order valence-corrected chi connectivity index (χ1v) is 10.2. The fourth-order valence-electron chi connectivity index (χ4n) is 3.63. The van der Waals surface area contributed by atoms with Crippen molar-refractivity contribution in [3.05, 3.63) is 59.3 Å². The zero-order chi connectivity index (χ0) is 20.0. The van der Waals surface area contributed by atoms with Gasteiger partial charge in [0.1, 0.15) is 11.6 Å². The molecule has 0 spiro atoms. The van der Waals surface area contributed by atoms with Crippen LogP contribution in [0.3, 0.4) is 0 Å². The minimum absolute atomic E-state index is 0.0471. The summed E-state index contributed by atoms with van der Waals surface area (Å²) < 4.78 is 18.0. The van der Waals surface area contributed by atoms with Crippen molar-refractivity contribution in [2.75, 3.05) is 25.0 Å². The molecule has 7 nitrogen and oxygen atoms in total. The molecule has 0 unspecified atom stereocenters. The van der Waals surface area contributed by atoms with Gasteiger partial charge >= 0.3 is 0 Å². The second kappa shape index (κ2) is 7.04. The van der Waals surface area contributed by atoms with Crippen molar-refractivity contribution in [1.82, 2.24) is 9.78 Å². The molecule has 2 aliphatic rings. The molecule has 2 aromatic carbocycles. The molecule has 0 saturated carbocycles. The van der Waals surface area contributed by atoms with Gasteiger partial charge in [-0.2, -0.15) is 5.10 Å². The van der Waals surface area contributed by atoms with E-state index in [-0.39, 0.29) is 18.0 Å². The van der Waals surface area contributed by atoms with Crippen LogP contribution in [0, 0.1) is 6.92 Å². The van der Waals surface area contributed by atoms with Gasteiger partial charge in [-0.1, -0.05) is 6.07 Å². The Morgan fingerprint density at radius 1 is 1.17 bits per heavy atom. The summed E-state index contributed by atoms with van der Waals surface area (Å²) >= 11 is 1.58. The summed E-state index contributed by atoms with van der Waals surface area (Å²) in [5.41, 5.74) is 3.77. The van der Waals surface area contributed by atoms with E-state index in [1.165, 1.54) is 0 Å². The first-order chi connectivity index (χ1) is 14.1. The summed E-state index contributed by atoms with van der Waals surface area (Å²) in [6.45, 7) is 2.20. The van der Waals surface area contributed by atoms with E-state index < -0.39 is 0 Å². The van der Waals surface area contributed by atoms with E-state index in [1.807, 2.05) is 49.4 Å². The van der Waals surface area contributed by atoms with Crippen molar-refractivity contribution >= 4 is 23.5 Å². The third-order valence-electron chi connectivity index (χ3n) is 5.02. The normalized spacial score (nSPS) is 17.4. The molecule has 0 radical (unpaired) electrons. The number of ether oxygens (including phenoxy) is 3. The number of hydrogen-bond donors (Lipinski definition) is 1. The number of carbonyl (C=O) groups is 1. The van der Waals surface area contributed by atoms with Crippen LogP contribution >= 0.6 is 11.8 Å². The number of aryl methyl sites for hydroxylation is 1. The molecule has 8 heteroatoms. The fraction of sp³-hybridized carbons (Fsp3) is 0.238. The number of nitrogens with zero attached hydrogens (tertiary/aromatic N) is 2. The number of rotatable bonds is 3. The van der Waals surface area contributed by atoms with Gasteiger partial charge in [0.05, 0.1) is 29.5 Å². The van der Waals surface area contributed by atoms with Crippen molar-refractivity contribution in [1.29, 1.82) is 0 Å². The molecule has 2 aliphatic heterocycles. The van der Waals surface area contributed by atoms with Gasteiger partial charge in [-0.25, -0.2) is 4.68 Å². The number of hydrogen-bond acceptors (Lipinski definition) is 6. The first-order valence-electron chi connectivity index (χ1n) is 9.19. The number of methoxy groups -OCH3 is 1. The number of nitrogens with one attached hydrogen (secondary N) is 1. The minimum Gasteiger partial charge on any atom is -0.497 e. The number of amides is 1. The zero-order valence-corrected chi connectivity index (χ0v) is 16.8. The standard InChI is InChI=1S/C21H19N3O4S/c1-12-19-20(13-3-8-16-17(9-13)28-11-27-16)29-10-18(25)22-21(19)24(23-12)14-4-6-15(26-2)7-5-14/h3-9,20H,10-11H2,1-2H3,(H,22,25)/t20-/m0/s1. The Balaban J connectivity index is 1.62. The number of aromatic nitrogens is 2. The van der Waals surface area contributed by atoms with Gasteiger partial charge in [-0.05, 0) is 48.9 Å².